The lowest BCUT2D eigenvalue weighted by Gasteiger charge is -2.48. The van der Waals surface area contributed by atoms with Crippen molar-refractivity contribution in [3.05, 3.63) is 94.0 Å². The van der Waals surface area contributed by atoms with Crippen LogP contribution < -0.4 is 9.64 Å². The van der Waals surface area contributed by atoms with Gasteiger partial charge in [0.15, 0.2) is 14.6 Å². The summed E-state index contributed by atoms with van der Waals surface area (Å²) in [6, 6.07) is 18.2. The summed E-state index contributed by atoms with van der Waals surface area (Å²) in [7, 11) is -4.16. The van der Waals surface area contributed by atoms with Crippen LogP contribution in [0.4, 0.5) is 11.4 Å². The van der Waals surface area contributed by atoms with Crippen LogP contribution in [0.15, 0.2) is 77.7 Å². The number of hydrogen-bond donors (Lipinski definition) is 0. The molecule has 3 aromatic carbocycles. The van der Waals surface area contributed by atoms with Crippen molar-refractivity contribution in [1.29, 1.82) is 0 Å². The summed E-state index contributed by atoms with van der Waals surface area (Å²) in [6.07, 6.45) is 0. The fourth-order valence-electron chi connectivity index (χ4n) is 3.93. The zero-order valence-corrected chi connectivity index (χ0v) is 18.9. The van der Waals surface area contributed by atoms with Crippen molar-refractivity contribution in [3.63, 3.8) is 0 Å². The van der Waals surface area contributed by atoms with Gasteiger partial charge in [0.05, 0.1) is 23.0 Å². The van der Waals surface area contributed by atoms with E-state index in [1.807, 2.05) is 13.8 Å². The predicted molar refractivity (Wildman–Crippen MR) is 123 cm³/mol. The second-order valence-corrected chi connectivity index (χ2v) is 9.94. The Balaban J connectivity index is 1.78. The maximum absolute atomic E-state index is 13.8. The second kappa shape index (κ2) is 8.32. The van der Waals surface area contributed by atoms with Crippen LogP contribution in [-0.2, 0) is 19.4 Å². The number of aryl methyl sites for hydroxylation is 1. The Kier molecular flexibility index (Phi) is 5.67. The molecule has 1 atom stereocenters. The number of β-lactam (4-membered cyclic amide) rings is 1. The molecule has 33 heavy (non-hydrogen) atoms. The van der Waals surface area contributed by atoms with Crippen LogP contribution in [0.1, 0.15) is 18.1 Å². The molecule has 1 heterocycles. The second-order valence-electron chi connectivity index (χ2n) is 7.77. The van der Waals surface area contributed by atoms with Gasteiger partial charge in [-0.25, -0.2) is 8.42 Å². The van der Waals surface area contributed by atoms with Gasteiger partial charge in [-0.1, -0.05) is 29.8 Å². The van der Waals surface area contributed by atoms with Crippen molar-refractivity contribution in [1.82, 2.24) is 0 Å². The van der Waals surface area contributed by atoms with Crippen molar-refractivity contribution < 1.29 is 22.9 Å². The number of rotatable bonds is 7. The lowest BCUT2D eigenvalue weighted by atomic mass is 9.88. The fraction of sp³-hybridized carbons (Fsp3) is 0.208. The number of hydrogen-bond acceptors (Lipinski definition) is 6. The van der Waals surface area contributed by atoms with Crippen LogP contribution in [-0.4, -0.2) is 32.4 Å². The highest BCUT2D eigenvalue weighted by molar-refractivity contribution is 7.93. The summed E-state index contributed by atoms with van der Waals surface area (Å²) in [6.45, 7) is 4.08. The molecule has 0 N–H and O–H groups in total. The van der Waals surface area contributed by atoms with Crippen LogP contribution in [0.3, 0.4) is 0 Å². The first-order valence-corrected chi connectivity index (χ1v) is 11.8. The van der Waals surface area contributed by atoms with Crippen LogP contribution in [0.2, 0.25) is 0 Å². The lowest BCUT2D eigenvalue weighted by Crippen LogP contribution is -2.68. The van der Waals surface area contributed by atoms with Gasteiger partial charge in [0.1, 0.15) is 5.75 Å². The molecule has 1 fully saturated rings. The number of sulfone groups is 1. The van der Waals surface area contributed by atoms with Gasteiger partial charge in [0.25, 0.3) is 11.6 Å². The Morgan fingerprint density at radius 2 is 1.61 bits per heavy atom. The fourth-order valence-corrected chi connectivity index (χ4v) is 5.91. The summed E-state index contributed by atoms with van der Waals surface area (Å²) >= 11 is 0. The lowest BCUT2D eigenvalue weighted by molar-refractivity contribution is -0.384. The van der Waals surface area contributed by atoms with Crippen molar-refractivity contribution in [2.24, 2.45) is 0 Å². The van der Waals surface area contributed by atoms with Crippen LogP contribution in [0.25, 0.3) is 0 Å². The zero-order valence-electron chi connectivity index (χ0n) is 18.1. The summed E-state index contributed by atoms with van der Waals surface area (Å²) in [5.74, 6) is 0.0317. The maximum atomic E-state index is 13.8. The molecule has 170 valence electrons. The van der Waals surface area contributed by atoms with Crippen LogP contribution >= 0.6 is 0 Å². The minimum atomic E-state index is -4.16. The van der Waals surface area contributed by atoms with Gasteiger partial charge in [-0.05, 0) is 55.8 Å². The Bertz CT molecular complexity index is 1300. The van der Waals surface area contributed by atoms with Gasteiger partial charge in [-0.3, -0.25) is 14.9 Å². The summed E-state index contributed by atoms with van der Waals surface area (Å²) in [4.78, 5) is 25.5. The Labute approximate surface area is 191 Å². The van der Waals surface area contributed by atoms with Crippen molar-refractivity contribution >= 4 is 27.1 Å². The highest BCUT2D eigenvalue weighted by atomic mass is 32.2. The molecule has 0 bridgehead atoms. The predicted octanol–water partition coefficient (Wildman–Crippen LogP) is 4.02. The first kappa shape index (κ1) is 22.5. The van der Waals surface area contributed by atoms with E-state index in [2.05, 4.69) is 0 Å². The average Bonchev–Trinajstić information content (AvgIpc) is 2.80. The van der Waals surface area contributed by atoms with Crippen molar-refractivity contribution in [3.8, 4) is 5.75 Å². The largest absolute Gasteiger partial charge is 0.494 e. The molecule has 9 heteroatoms. The number of carbonyl (C=O) groups excluding carboxylic acids is 1. The number of non-ortho nitro benzene ring substituents is 1. The minimum absolute atomic E-state index is 0.0196. The molecule has 3 aromatic rings. The molecular formula is C24H22N2O6S. The van der Waals surface area contributed by atoms with Crippen molar-refractivity contribution in [2.75, 3.05) is 18.1 Å². The summed E-state index contributed by atoms with van der Waals surface area (Å²) in [5.41, 5.74) is 1.44. The molecule has 0 saturated carbocycles. The molecule has 1 saturated heterocycles. The smallest absolute Gasteiger partial charge is 0.269 e. The summed E-state index contributed by atoms with van der Waals surface area (Å²) in [5, 5.41) is 11.1. The van der Waals surface area contributed by atoms with E-state index in [0.29, 0.717) is 18.0 Å². The van der Waals surface area contributed by atoms with E-state index in [9.17, 15) is 23.3 Å². The number of benzene rings is 3. The maximum Gasteiger partial charge on any atom is 0.269 e. The van der Waals surface area contributed by atoms with Crippen LogP contribution in [0.5, 0.6) is 5.75 Å². The number of anilines is 1. The molecule has 0 radical (unpaired) electrons. The third kappa shape index (κ3) is 3.64. The highest BCUT2D eigenvalue weighted by Crippen LogP contribution is 2.46. The van der Waals surface area contributed by atoms with Gasteiger partial charge >= 0.3 is 0 Å². The number of nitrogens with zero attached hydrogens (tertiary/aromatic N) is 2. The SMILES string of the molecule is CCOc1ccc(N2C[C@@](c3ccc([N+](=O)[O-])cc3)(S(=O)(=O)c3ccc(C)cc3)C2=O)cc1. The Morgan fingerprint density at radius 3 is 2.12 bits per heavy atom. The zero-order chi connectivity index (χ0) is 23.8. The van der Waals surface area contributed by atoms with Crippen LogP contribution in [0, 0.1) is 17.0 Å². The number of ether oxygens (including phenoxy) is 1. The van der Waals surface area contributed by atoms with Gasteiger partial charge in [0.2, 0.25) is 0 Å². The molecule has 4 rings (SSSR count). The van der Waals surface area contributed by atoms with E-state index in [-0.39, 0.29) is 22.7 Å². The Hall–Kier alpha value is -3.72. The van der Waals surface area contributed by atoms with E-state index in [1.165, 1.54) is 41.3 Å². The van der Waals surface area contributed by atoms with Gasteiger partial charge < -0.3 is 9.64 Å². The molecule has 0 spiro atoms. The number of amides is 1. The third-order valence-corrected chi connectivity index (χ3v) is 8.11. The first-order valence-electron chi connectivity index (χ1n) is 10.3. The molecule has 1 aliphatic rings. The Morgan fingerprint density at radius 1 is 1.00 bits per heavy atom. The molecule has 0 unspecified atom stereocenters. The topological polar surface area (TPSA) is 107 Å². The van der Waals surface area contributed by atoms with E-state index >= 15 is 0 Å². The number of carbonyl (C=O) groups is 1. The number of nitro benzene ring substituents is 1. The normalized spacial score (nSPS) is 18.0. The van der Waals surface area contributed by atoms with E-state index in [0.717, 1.165) is 5.56 Å². The molecule has 0 aromatic heterocycles. The van der Waals surface area contributed by atoms with Gasteiger partial charge in [0, 0.05) is 17.8 Å². The minimum Gasteiger partial charge on any atom is -0.494 e. The van der Waals surface area contributed by atoms with E-state index < -0.39 is 25.4 Å². The molecular weight excluding hydrogens is 444 g/mol. The first-order chi connectivity index (χ1) is 15.7. The third-order valence-electron chi connectivity index (χ3n) is 5.77. The molecule has 0 aliphatic carbocycles. The molecule has 8 nitrogen and oxygen atoms in total. The quantitative estimate of drug-likeness (QED) is 0.296. The van der Waals surface area contributed by atoms with Gasteiger partial charge in [-0.15, -0.1) is 0 Å². The van der Waals surface area contributed by atoms with E-state index in [1.54, 1.807) is 36.4 Å². The summed E-state index contributed by atoms with van der Waals surface area (Å²) < 4.78 is 31.1. The average molecular weight is 467 g/mol. The monoisotopic (exact) mass is 466 g/mol. The molecule has 1 amide bonds. The van der Waals surface area contributed by atoms with Crippen molar-refractivity contribution in [2.45, 2.75) is 23.5 Å². The highest BCUT2D eigenvalue weighted by Gasteiger charge is 2.63. The number of nitro groups is 1. The molecule has 1 aliphatic heterocycles. The van der Waals surface area contributed by atoms with E-state index in [4.69, 9.17) is 4.74 Å². The van der Waals surface area contributed by atoms with Gasteiger partial charge in [-0.2, -0.15) is 0 Å². The standard InChI is InChI=1S/C24H22N2O6S/c1-3-32-21-12-10-19(11-13-21)25-16-24(23(25)27,18-6-8-20(9-7-18)26(28)29)33(30,31)22-14-4-17(2)5-15-22/h4-15H,3,16H2,1-2H3/t24-/m0/s1.